The van der Waals surface area contributed by atoms with E-state index in [9.17, 15) is 4.79 Å². The van der Waals surface area contributed by atoms with E-state index in [0.29, 0.717) is 5.13 Å². The number of hydrogen-bond donors (Lipinski definition) is 2. The largest absolute Gasteiger partial charge is 0.318 e. The molecule has 116 valence electrons. The van der Waals surface area contributed by atoms with E-state index in [1.165, 1.54) is 41.7 Å². The summed E-state index contributed by atoms with van der Waals surface area (Å²) in [7, 11) is 0. The standard InChI is InChI=1S/C17H21N3OS/c1-17(2,18)15(21)20-16-19-14(10-22-16)13-8-7-11-5-3-4-6-12(11)9-13/h7-10H,3-6,18H2,1-2H3,(H,19,20,21). The van der Waals surface area contributed by atoms with E-state index in [4.69, 9.17) is 5.73 Å². The van der Waals surface area contributed by atoms with Crippen LogP contribution in [0.2, 0.25) is 0 Å². The van der Waals surface area contributed by atoms with Crippen LogP contribution in [0.4, 0.5) is 5.13 Å². The van der Waals surface area contributed by atoms with E-state index in [0.717, 1.165) is 17.7 Å². The highest BCUT2D eigenvalue weighted by Crippen LogP contribution is 2.29. The Bertz CT molecular complexity index is 700. The molecule has 1 aromatic carbocycles. The Morgan fingerprint density at radius 1 is 1.27 bits per heavy atom. The van der Waals surface area contributed by atoms with Crippen molar-refractivity contribution in [1.29, 1.82) is 0 Å². The SMILES string of the molecule is CC(C)(N)C(=O)Nc1nc(-c2ccc3c(c2)CCCC3)cs1. The molecule has 1 heterocycles. The Balaban J connectivity index is 1.80. The fourth-order valence-corrected chi connectivity index (χ4v) is 3.33. The van der Waals surface area contributed by atoms with Crippen LogP contribution in [0.1, 0.15) is 37.8 Å². The molecular formula is C17H21N3OS. The zero-order valence-electron chi connectivity index (χ0n) is 13.0. The molecule has 0 atom stereocenters. The molecule has 22 heavy (non-hydrogen) atoms. The quantitative estimate of drug-likeness (QED) is 0.912. The molecule has 1 amide bonds. The van der Waals surface area contributed by atoms with Crippen molar-refractivity contribution in [3.63, 3.8) is 0 Å². The van der Waals surface area contributed by atoms with Gasteiger partial charge in [0.15, 0.2) is 5.13 Å². The molecular weight excluding hydrogens is 294 g/mol. The lowest BCUT2D eigenvalue weighted by Gasteiger charge is -2.16. The molecule has 0 bridgehead atoms. The lowest BCUT2D eigenvalue weighted by molar-refractivity contribution is -0.120. The molecule has 1 aliphatic carbocycles. The van der Waals surface area contributed by atoms with Gasteiger partial charge in [-0.15, -0.1) is 11.3 Å². The van der Waals surface area contributed by atoms with E-state index in [2.05, 4.69) is 28.5 Å². The van der Waals surface area contributed by atoms with Gasteiger partial charge in [-0.25, -0.2) is 4.98 Å². The summed E-state index contributed by atoms with van der Waals surface area (Å²) in [5.74, 6) is -0.223. The highest BCUT2D eigenvalue weighted by atomic mass is 32.1. The van der Waals surface area contributed by atoms with Crippen molar-refractivity contribution < 1.29 is 4.79 Å². The summed E-state index contributed by atoms with van der Waals surface area (Å²) in [6.07, 6.45) is 4.88. The van der Waals surface area contributed by atoms with E-state index in [1.807, 2.05) is 5.38 Å². The Hall–Kier alpha value is -1.72. The van der Waals surface area contributed by atoms with Crippen molar-refractivity contribution in [1.82, 2.24) is 4.98 Å². The summed E-state index contributed by atoms with van der Waals surface area (Å²) in [4.78, 5) is 16.4. The minimum Gasteiger partial charge on any atom is -0.318 e. The third-order valence-corrected chi connectivity index (χ3v) is 4.71. The van der Waals surface area contributed by atoms with E-state index in [1.54, 1.807) is 13.8 Å². The minimum absolute atomic E-state index is 0.223. The van der Waals surface area contributed by atoms with Gasteiger partial charge in [0.25, 0.3) is 0 Å². The molecule has 0 fully saturated rings. The maximum atomic E-state index is 11.9. The molecule has 1 aliphatic rings. The summed E-state index contributed by atoms with van der Waals surface area (Å²) in [6, 6.07) is 6.57. The van der Waals surface area contributed by atoms with Gasteiger partial charge in [0, 0.05) is 10.9 Å². The molecule has 3 rings (SSSR count). The van der Waals surface area contributed by atoms with Crippen molar-refractivity contribution in [2.45, 2.75) is 45.1 Å². The fraction of sp³-hybridized carbons (Fsp3) is 0.412. The summed E-state index contributed by atoms with van der Waals surface area (Å²) >= 11 is 1.43. The molecule has 2 aromatic rings. The summed E-state index contributed by atoms with van der Waals surface area (Å²) in [6.45, 7) is 3.36. The molecule has 0 saturated carbocycles. The zero-order chi connectivity index (χ0) is 15.7. The Morgan fingerprint density at radius 2 is 2.00 bits per heavy atom. The number of carbonyl (C=O) groups excluding carboxylic acids is 1. The van der Waals surface area contributed by atoms with Gasteiger partial charge in [0.2, 0.25) is 5.91 Å². The smallest absolute Gasteiger partial charge is 0.245 e. The second-order valence-corrected chi connectivity index (χ2v) is 7.26. The first-order chi connectivity index (χ1) is 10.4. The lowest BCUT2D eigenvalue weighted by atomic mass is 9.90. The molecule has 0 saturated heterocycles. The van der Waals surface area contributed by atoms with Gasteiger partial charge < -0.3 is 11.1 Å². The predicted octanol–water partition coefficient (Wildman–Crippen LogP) is 3.36. The van der Waals surface area contributed by atoms with Crippen molar-refractivity contribution in [2.24, 2.45) is 5.73 Å². The number of anilines is 1. The second-order valence-electron chi connectivity index (χ2n) is 6.40. The monoisotopic (exact) mass is 315 g/mol. The normalized spacial score (nSPS) is 14.5. The van der Waals surface area contributed by atoms with Crippen LogP contribution in [0.25, 0.3) is 11.3 Å². The van der Waals surface area contributed by atoms with Gasteiger partial charge in [-0.2, -0.15) is 0 Å². The Labute approximate surface area is 134 Å². The predicted molar refractivity (Wildman–Crippen MR) is 91.1 cm³/mol. The van der Waals surface area contributed by atoms with Crippen LogP contribution in [0.3, 0.4) is 0 Å². The number of rotatable bonds is 3. The number of aryl methyl sites for hydroxylation is 2. The number of hydrogen-bond acceptors (Lipinski definition) is 4. The highest BCUT2D eigenvalue weighted by Gasteiger charge is 2.23. The molecule has 5 heteroatoms. The van der Waals surface area contributed by atoms with Crippen LogP contribution in [-0.2, 0) is 17.6 Å². The van der Waals surface area contributed by atoms with Crippen molar-refractivity contribution >= 4 is 22.4 Å². The second kappa shape index (κ2) is 5.82. The number of nitrogens with one attached hydrogen (secondary N) is 1. The minimum atomic E-state index is -0.905. The number of amides is 1. The molecule has 4 nitrogen and oxygen atoms in total. The van der Waals surface area contributed by atoms with E-state index < -0.39 is 5.54 Å². The average molecular weight is 315 g/mol. The topological polar surface area (TPSA) is 68.0 Å². The maximum absolute atomic E-state index is 11.9. The van der Waals surface area contributed by atoms with Gasteiger partial charge in [-0.1, -0.05) is 12.1 Å². The number of carbonyl (C=O) groups is 1. The van der Waals surface area contributed by atoms with Crippen molar-refractivity contribution in [2.75, 3.05) is 5.32 Å². The van der Waals surface area contributed by atoms with Crippen LogP contribution in [-0.4, -0.2) is 16.4 Å². The Kier molecular flexibility index (Phi) is 4.02. The van der Waals surface area contributed by atoms with Crippen LogP contribution in [0, 0.1) is 0 Å². The number of benzene rings is 1. The molecule has 3 N–H and O–H groups in total. The number of nitrogens with zero attached hydrogens (tertiary/aromatic N) is 1. The summed E-state index contributed by atoms with van der Waals surface area (Å²) in [5, 5.41) is 5.35. The molecule has 0 aliphatic heterocycles. The summed E-state index contributed by atoms with van der Waals surface area (Å²) < 4.78 is 0. The van der Waals surface area contributed by atoms with Gasteiger partial charge in [-0.3, -0.25) is 4.79 Å². The zero-order valence-corrected chi connectivity index (χ0v) is 13.8. The third kappa shape index (κ3) is 3.20. The Morgan fingerprint density at radius 3 is 2.73 bits per heavy atom. The highest BCUT2D eigenvalue weighted by molar-refractivity contribution is 7.14. The molecule has 0 radical (unpaired) electrons. The van der Waals surface area contributed by atoms with E-state index in [-0.39, 0.29) is 5.91 Å². The number of thiazole rings is 1. The average Bonchev–Trinajstić information content (AvgIpc) is 2.94. The first kappa shape index (κ1) is 15.2. The molecule has 0 spiro atoms. The van der Waals surface area contributed by atoms with Crippen molar-refractivity contribution in [3.05, 3.63) is 34.7 Å². The molecule has 1 aromatic heterocycles. The molecule has 0 unspecified atom stereocenters. The third-order valence-electron chi connectivity index (χ3n) is 3.95. The lowest BCUT2D eigenvalue weighted by Crippen LogP contribution is -2.45. The number of aromatic nitrogens is 1. The summed E-state index contributed by atoms with van der Waals surface area (Å²) in [5.41, 5.74) is 9.80. The fourth-order valence-electron chi connectivity index (χ4n) is 2.61. The first-order valence-corrected chi connectivity index (χ1v) is 8.49. The number of nitrogens with two attached hydrogens (primary N) is 1. The van der Waals surface area contributed by atoms with Crippen molar-refractivity contribution in [3.8, 4) is 11.3 Å². The number of fused-ring (bicyclic) bond motifs is 1. The van der Waals surface area contributed by atoms with Crippen LogP contribution in [0.15, 0.2) is 23.6 Å². The first-order valence-electron chi connectivity index (χ1n) is 7.61. The van der Waals surface area contributed by atoms with Gasteiger partial charge in [-0.05, 0) is 56.7 Å². The van der Waals surface area contributed by atoms with E-state index >= 15 is 0 Å². The van der Waals surface area contributed by atoms with Gasteiger partial charge in [0.05, 0.1) is 11.2 Å². The van der Waals surface area contributed by atoms with Gasteiger partial charge in [0.1, 0.15) is 0 Å². The van der Waals surface area contributed by atoms with Crippen LogP contribution >= 0.6 is 11.3 Å². The maximum Gasteiger partial charge on any atom is 0.245 e. The van der Waals surface area contributed by atoms with Gasteiger partial charge >= 0.3 is 0 Å². The van der Waals surface area contributed by atoms with Crippen LogP contribution in [0.5, 0.6) is 0 Å². The van der Waals surface area contributed by atoms with Crippen LogP contribution < -0.4 is 11.1 Å².